The number of Topliss-reactive ketones (excluding diaryl/α,β-unsaturated/α-hetero) is 1. The zero-order chi connectivity index (χ0) is 15.6. The molecule has 0 atom stereocenters. The molecule has 2 rings (SSSR count). The molecule has 0 amide bonds. The average molecular weight is 298 g/mol. The molecule has 4 heteroatoms. The molecule has 0 spiro atoms. The van der Waals surface area contributed by atoms with Gasteiger partial charge in [-0.05, 0) is 38.1 Å². The maximum Gasteiger partial charge on any atom is 0.193 e. The van der Waals surface area contributed by atoms with Gasteiger partial charge in [-0.1, -0.05) is 18.2 Å². The predicted octanol–water partition coefficient (Wildman–Crippen LogP) is 3.62. The lowest BCUT2D eigenvalue weighted by Crippen LogP contribution is -2.17. The van der Waals surface area contributed by atoms with Gasteiger partial charge in [-0.3, -0.25) is 14.4 Å². The lowest BCUT2D eigenvalue weighted by atomic mass is 9.87. The highest BCUT2D eigenvalue weighted by Gasteiger charge is 2.26. The van der Waals surface area contributed by atoms with E-state index in [2.05, 4.69) is 12.6 Å². The predicted molar refractivity (Wildman–Crippen MR) is 84.4 cm³/mol. The Labute approximate surface area is 128 Å². The zero-order valence-corrected chi connectivity index (χ0v) is 12.6. The van der Waals surface area contributed by atoms with E-state index >= 15 is 0 Å². The quantitative estimate of drug-likeness (QED) is 0.527. The maximum absolute atomic E-state index is 12.4. The van der Waals surface area contributed by atoms with Crippen LogP contribution in [-0.2, 0) is 0 Å². The molecule has 0 unspecified atom stereocenters. The summed E-state index contributed by atoms with van der Waals surface area (Å²) in [5.41, 5.74) is 1.18. The Morgan fingerprint density at radius 1 is 1.10 bits per heavy atom. The Balaban J connectivity index is 2.62. The van der Waals surface area contributed by atoms with Crippen molar-refractivity contribution >= 4 is 30.0 Å². The number of thiol groups is 1. The van der Waals surface area contributed by atoms with E-state index in [1.54, 1.807) is 32.1 Å². The largest absolute Gasteiger partial charge is 0.289 e. The molecule has 0 radical (unpaired) electrons. The van der Waals surface area contributed by atoms with Crippen LogP contribution in [0.25, 0.3) is 0 Å². The number of hydrogen-bond acceptors (Lipinski definition) is 4. The lowest BCUT2D eigenvalue weighted by Gasteiger charge is -2.15. The molecule has 0 saturated heterocycles. The van der Waals surface area contributed by atoms with Crippen molar-refractivity contribution in [1.82, 2.24) is 0 Å². The van der Waals surface area contributed by atoms with Crippen molar-refractivity contribution in [3.8, 4) is 0 Å². The normalized spacial score (nSPS) is 14.7. The maximum atomic E-state index is 12.4. The molecule has 1 aromatic carbocycles. The summed E-state index contributed by atoms with van der Waals surface area (Å²) in [6.45, 7) is 3.50. The Morgan fingerprint density at radius 3 is 2.43 bits per heavy atom. The Morgan fingerprint density at radius 2 is 1.81 bits per heavy atom. The first kappa shape index (κ1) is 15.2. The van der Waals surface area contributed by atoms with E-state index in [1.165, 1.54) is 24.3 Å². The molecular formula is C17H14O3S. The van der Waals surface area contributed by atoms with Gasteiger partial charge < -0.3 is 0 Å². The van der Waals surface area contributed by atoms with Crippen LogP contribution in [0.1, 0.15) is 44.9 Å². The van der Waals surface area contributed by atoms with Crippen LogP contribution in [0.2, 0.25) is 0 Å². The summed E-state index contributed by atoms with van der Waals surface area (Å²) in [6, 6.07) is 2.94. The number of ketones is 3. The van der Waals surface area contributed by atoms with Gasteiger partial charge in [0.05, 0.1) is 0 Å². The first-order valence-corrected chi connectivity index (χ1v) is 6.91. The molecule has 0 fully saturated rings. The molecular weight excluding hydrogens is 284 g/mol. The van der Waals surface area contributed by atoms with Crippen LogP contribution in [-0.4, -0.2) is 17.3 Å². The molecule has 1 aliphatic rings. The first-order chi connectivity index (χ1) is 9.99. The monoisotopic (exact) mass is 298 g/mol. The highest BCUT2D eigenvalue weighted by Crippen LogP contribution is 2.27. The Bertz CT molecular complexity index is 737. The number of carbonyl (C=O) groups excluding carboxylic acids is 3. The van der Waals surface area contributed by atoms with Crippen molar-refractivity contribution < 1.29 is 14.4 Å². The second-order valence-electron chi connectivity index (χ2n) is 4.57. The van der Waals surface area contributed by atoms with Gasteiger partial charge >= 0.3 is 0 Å². The van der Waals surface area contributed by atoms with Gasteiger partial charge in [0.25, 0.3) is 0 Å². The van der Waals surface area contributed by atoms with E-state index < -0.39 is 0 Å². The molecule has 21 heavy (non-hydrogen) atoms. The van der Waals surface area contributed by atoms with Crippen molar-refractivity contribution in [3.05, 3.63) is 64.8 Å². The second-order valence-corrected chi connectivity index (χ2v) is 5.05. The second kappa shape index (κ2) is 6.06. The van der Waals surface area contributed by atoms with Crippen molar-refractivity contribution in [2.24, 2.45) is 0 Å². The third kappa shape index (κ3) is 2.81. The van der Waals surface area contributed by atoms with E-state index in [9.17, 15) is 14.4 Å². The number of allylic oxidation sites excluding steroid dienone is 6. The minimum Gasteiger partial charge on any atom is -0.289 e. The summed E-state index contributed by atoms with van der Waals surface area (Å²) >= 11 is 4.24. The molecule has 0 N–H and O–H groups in total. The van der Waals surface area contributed by atoms with Gasteiger partial charge in [-0.2, -0.15) is 0 Å². The van der Waals surface area contributed by atoms with Gasteiger partial charge in [0.15, 0.2) is 17.3 Å². The van der Waals surface area contributed by atoms with E-state index in [4.69, 9.17) is 0 Å². The number of fused-ring (bicyclic) bond motifs is 1. The molecule has 0 saturated carbocycles. The molecule has 1 aliphatic carbocycles. The molecule has 0 heterocycles. The minimum absolute atomic E-state index is 0.243. The molecule has 3 nitrogen and oxygen atoms in total. The van der Waals surface area contributed by atoms with Gasteiger partial charge in [-0.25, -0.2) is 0 Å². The number of hydrogen-bond donors (Lipinski definition) is 1. The van der Waals surface area contributed by atoms with E-state index in [0.29, 0.717) is 16.0 Å². The standard InChI is InChI=1S/C17H14O3S/c1-3-5-10-7-15(19)11-9-16(21)13(14(18)6-4-2)8-12(11)17(10)20/h3-9,21H,1-2H3. The zero-order valence-electron chi connectivity index (χ0n) is 11.7. The van der Waals surface area contributed by atoms with Gasteiger partial charge in [0.2, 0.25) is 0 Å². The van der Waals surface area contributed by atoms with Crippen molar-refractivity contribution in [2.45, 2.75) is 18.7 Å². The summed E-state index contributed by atoms with van der Waals surface area (Å²) < 4.78 is 0. The van der Waals surface area contributed by atoms with Crippen LogP contribution in [0.3, 0.4) is 0 Å². The highest BCUT2D eigenvalue weighted by molar-refractivity contribution is 7.80. The fraction of sp³-hybridized carbons (Fsp3) is 0.118. The van der Waals surface area contributed by atoms with Crippen LogP contribution >= 0.6 is 12.6 Å². The van der Waals surface area contributed by atoms with Crippen molar-refractivity contribution in [2.75, 3.05) is 0 Å². The van der Waals surface area contributed by atoms with E-state index in [-0.39, 0.29) is 28.5 Å². The molecule has 0 aromatic heterocycles. The van der Waals surface area contributed by atoms with Crippen molar-refractivity contribution in [3.63, 3.8) is 0 Å². The molecule has 0 aliphatic heterocycles. The van der Waals surface area contributed by atoms with Crippen LogP contribution in [0, 0.1) is 0 Å². The topological polar surface area (TPSA) is 51.2 Å². The summed E-state index contributed by atoms with van der Waals surface area (Å²) in [7, 11) is 0. The van der Waals surface area contributed by atoms with Gasteiger partial charge in [0, 0.05) is 27.2 Å². The highest BCUT2D eigenvalue weighted by atomic mass is 32.1. The van der Waals surface area contributed by atoms with E-state index in [1.807, 2.05) is 0 Å². The van der Waals surface area contributed by atoms with Crippen LogP contribution < -0.4 is 0 Å². The van der Waals surface area contributed by atoms with Crippen LogP contribution in [0.5, 0.6) is 0 Å². The number of carbonyl (C=O) groups is 3. The fourth-order valence-corrected chi connectivity index (χ4v) is 2.47. The first-order valence-electron chi connectivity index (χ1n) is 6.47. The summed E-state index contributed by atoms with van der Waals surface area (Å²) in [5.74, 6) is -0.753. The molecule has 106 valence electrons. The fourth-order valence-electron chi connectivity index (χ4n) is 2.16. The third-order valence-corrected chi connectivity index (χ3v) is 3.49. The SMILES string of the molecule is CC=CC(=O)c1cc2c(cc1S)C(=O)C=C(C=CC)C2=O. The van der Waals surface area contributed by atoms with E-state index in [0.717, 1.165) is 0 Å². The number of benzene rings is 1. The average Bonchev–Trinajstić information content (AvgIpc) is 2.44. The summed E-state index contributed by atoms with van der Waals surface area (Å²) in [4.78, 5) is 36.8. The summed E-state index contributed by atoms with van der Waals surface area (Å²) in [5, 5.41) is 0. The minimum atomic E-state index is -0.259. The lowest BCUT2D eigenvalue weighted by molar-refractivity contribution is 0.0986. The van der Waals surface area contributed by atoms with Crippen LogP contribution in [0.4, 0.5) is 0 Å². The molecule has 0 bridgehead atoms. The van der Waals surface area contributed by atoms with Gasteiger partial charge in [0.1, 0.15) is 0 Å². The van der Waals surface area contributed by atoms with Crippen molar-refractivity contribution in [1.29, 1.82) is 0 Å². The molecule has 1 aromatic rings. The summed E-state index contributed by atoms with van der Waals surface area (Å²) in [6.07, 6.45) is 7.61. The number of rotatable bonds is 3. The van der Waals surface area contributed by atoms with Crippen LogP contribution in [0.15, 0.2) is 53.0 Å². The Hall–Kier alpha value is -2.20. The smallest absolute Gasteiger partial charge is 0.193 e. The third-order valence-electron chi connectivity index (χ3n) is 3.12. The van der Waals surface area contributed by atoms with Gasteiger partial charge in [-0.15, -0.1) is 12.6 Å². The Kier molecular flexibility index (Phi) is 4.38.